The predicted octanol–water partition coefficient (Wildman–Crippen LogP) is 3.96. The van der Waals surface area contributed by atoms with Gasteiger partial charge >= 0.3 is 0 Å². The van der Waals surface area contributed by atoms with Gasteiger partial charge in [-0.3, -0.25) is 4.79 Å². The Morgan fingerprint density at radius 3 is 2.75 bits per heavy atom. The van der Waals surface area contributed by atoms with E-state index in [9.17, 15) is 4.79 Å². The monoisotopic (exact) mass is 264 g/mol. The smallest absolute Gasteiger partial charge is 0.196 e. The van der Waals surface area contributed by atoms with Crippen LogP contribution in [0.25, 0.3) is 6.08 Å². The minimum absolute atomic E-state index is 0.0627. The zero-order chi connectivity index (χ0) is 14.1. The molecule has 2 heteroatoms. The van der Waals surface area contributed by atoms with E-state index in [2.05, 4.69) is 25.1 Å². The number of fused-ring (bicyclic) bond motifs is 1. The molecule has 0 aliphatic carbocycles. The molecule has 0 saturated carbocycles. The SMILES string of the molecule is Cc1ccc(C)c(/C=C2\COc3ccccc3C2=O)c1. The Morgan fingerprint density at radius 2 is 1.90 bits per heavy atom. The third-order valence-corrected chi connectivity index (χ3v) is 3.57. The molecule has 20 heavy (non-hydrogen) atoms. The van der Waals surface area contributed by atoms with E-state index in [4.69, 9.17) is 4.74 Å². The second-order valence-corrected chi connectivity index (χ2v) is 5.14. The molecule has 0 aromatic heterocycles. The quantitative estimate of drug-likeness (QED) is 0.729. The lowest BCUT2D eigenvalue weighted by atomic mass is 9.96. The molecule has 0 atom stereocenters. The van der Waals surface area contributed by atoms with Crippen LogP contribution in [0.4, 0.5) is 0 Å². The van der Waals surface area contributed by atoms with Crippen LogP contribution in [0.15, 0.2) is 48.0 Å². The van der Waals surface area contributed by atoms with Gasteiger partial charge in [-0.15, -0.1) is 0 Å². The average molecular weight is 264 g/mol. The molecular weight excluding hydrogens is 248 g/mol. The molecule has 0 N–H and O–H groups in total. The number of ketones is 1. The zero-order valence-corrected chi connectivity index (χ0v) is 11.6. The Morgan fingerprint density at radius 1 is 1.10 bits per heavy atom. The molecule has 1 aliphatic rings. The molecule has 2 aromatic carbocycles. The largest absolute Gasteiger partial charge is 0.488 e. The first-order valence-electron chi connectivity index (χ1n) is 6.69. The second-order valence-electron chi connectivity index (χ2n) is 5.14. The fourth-order valence-electron chi connectivity index (χ4n) is 2.38. The van der Waals surface area contributed by atoms with E-state index >= 15 is 0 Å². The van der Waals surface area contributed by atoms with E-state index in [1.807, 2.05) is 37.3 Å². The van der Waals surface area contributed by atoms with Crippen molar-refractivity contribution in [3.63, 3.8) is 0 Å². The topological polar surface area (TPSA) is 26.3 Å². The highest BCUT2D eigenvalue weighted by atomic mass is 16.5. The highest BCUT2D eigenvalue weighted by Gasteiger charge is 2.22. The molecule has 0 amide bonds. The normalized spacial score (nSPS) is 15.9. The maximum atomic E-state index is 12.5. The molecule has 1 heterocycles. The summed E-state index contributed by atoms with van der Waals surface area (Å²) in [4.78, 5) is 12.5. The van der Waals surface area contributed by atoms with Gasteiger partial charge in [0.15, 0.2) is 5.78 Å². The Kier molecular flexibility index (Phi) is 3.15. The van der Waals surface area contributed by atoms with Crippen molar-refractivity contribution in [3.8, 4) is 5.75 Å². The molecule has 0 unspecified atom stereocenters. The number of hydrogen-bond acceptors (Lipinski definition) is 2. The number of hydrogen-bond donors (Lipinski definition) is 0. The van der Waals surface area contributed by atoms with Crippen LogP contribution in [-0.4, -0.2) is 12.4 Å². The van der Waals surface area contributed by atoms with Crippen molar-refractivity contribution < 1.29 is 9.53 Å². The second kappa shape index (κ2) is 4.97. The molecule has 0 bridgehead atoms. The summed E-state index contributed by atoms with van der Waals surface area (Å²) in [6, 6.07) is 13.6. The van der Waals surface area contributed by atoms with Gasteiger partial charge < -0.3 is 4.74 Å². The van der Waals surface area contributed by atoms with Gasteiger partial charge in [0.05, 0.1) is 5.56 Å². The van der Waals surface area contributed by atoms with Crippen molar-refractivity contribution in [2.45, 2.75) is 13.8 Å². The van der Waals surface area contributed by atoms with Gasteiger partial charge in [-0.1, -0.05) is 35.9 Å². The van der Waals surface area contributed by atoms with Crippen LogP contribution >= 0.6 is 0 Å². The van der Waals surface area contributed by atoms with E-state index in [1.54, 1.807) is 0 Å². The van der Waals surface area contributed by atoms with Gasteiger partial charge in [0.2, 0.25) is 0 Å². The van der Waals surface area contributed by atoms with E-state index in [1.165, 1.54) is 5.56 Å². The standard InChI is InChI=1S/C18H16O2/c1-12-7-8-13(2)14(9-12)10-15-11-20-17-6-4-3-5-16(17)18(15)19/h3-10H,11H2,1-2H3/b15-10+. The van der Waals surface area contributed by atoms with Crippen molar-refractivity contribution in [3.05, 3.63) is 70.3 Å². The van der Waals surface area contributed by atoms with Gasteiger partial charge in [-0.25, -0.2) is 0 Å². The Labute approximate surface area is 118 Å². The van der Waals surface area contributed by atoms with Gasteiger partial charge in [-0.2, -0.15) is 0 Å². The number of carbonyl (C=O) groups is 1. The van der Waals surface area contributed by atoms with Crippen molar-refractivity contribution >= 4 is 11.9 Å². The number of rotatable bonds is 1. The van der Waals surface area contributed by atoms with Gasteiger partial charge in [0.25, 0.3) is 0 Å². The van der Waals surface area contributed by atoms with Crippen molar-refractivity contribution in [2.24, 2.45) is 0 Å². The lowest BCUT2D eigenvalue weighted by Crippen LogP contribution is -2.18. The van der Waals surface area contributed by atoms with Gasteiger partial charge in [0.1, 0.15) is 12.4 Å². The van der Waals surface area contributed by atoms with Crippen LogP contribution in [0.2, 0.25) is 0 Å². The average Bonchev–Trinajstić information content (AvgIpc) is 2.46. The predicted molar refractivity (Wildman–Crippen MR) is 80.2 cm³/mol. The minimum Gasteiger partial charge on any atom is -0.488 e. The number of ether oxygens (including phenoxy) is 1. The summed E-state index contributed by atoms with van der Waals surface area (Å²) in [6.45, 7) is 4.44. The number of Topliss-reactive ketones (excluding diaryl/α,β-unsaturated/α-hetero) is 1. The molecule has 0 saturated heterocycles. The molecular formula is C18H16O2. The lowest BCUT2D eigenvalue weighted by molar-refractivity contribution is 0.100. The third-order valence-electron chi connectivity index (χ3n) is 3.57. The maximum Gasteiger partial charge on any atom is 0.196 e. The first-order chi connectivity index (χ1) is 9.65. The van der Waals surface area contributed by atoms with Gasteiger partial charge in [0, 0.05) is 5.57 Å². The van der Waals surface area contributed by atoms with Crippen molar-refractivity contribution in [2.75, 3.05) is 6.61 Å². The van der Waals surface area contributed by atoms with E-state index in [0.29, 0.717) is 23.5 Å². The molecule has 2 nitrogen and oxygen atoms in total. The third kappa shape index (κ3) is 2.25. The minimum atomic E-state index is 0.0627. The van der Waals surface area contributed by atoms with Crippen LogP contribution in [0.3, 0.4) is 0 Å². The fourth-order valence-corrected chi connectivity index (χ4v) is 2.38. The van der Waals surface area contributed by atoms with Crippen LogP contribution in [0.1, 0.15) is 27.0 Å². The highest BCUT2D eigenvalue weighted by molar-refractivity contribution is 6.14. The first kappa shape index (κ1) is 12.7. The van der Waals surface area contributed by atoms with Crippen molar-refractivity contribution in [1.82, 2.24) is 0 Å². The van der Waals surface area contributed by atoms with Crippen LogP contribution in [0.5, 0.6) is 5.75 Å². The molecule has 0 spiro atoms. The molecule has 3 rings (SSSR count). The zero-order valence-electron chi connectivity index (χ0n) is 11.6. The number of carbonyl (C=O) groups excluding carboxylic acids is 1. The Balaban J connectivity index is 2.02. The first-order valence-corrected chi connectivity index (χ1v) is 6.69. The van der Waals surface area contributed by atoms with Crippen LogP contribution in [0, 0.1) is 13.8 Å². The number of benzene rings is 2. The maximum absolute atomic E-state index is 12.5. The number of para-hydroxylation sites is 1. The summed E-state index contributed by atoms with van der Waals surface area (Å²) in [5.41, 5.74) is 4.78. The summed E-state index contributed by atoms with van der Waals surface area (Å²) in [7, 11) is 0. The summed E-state index contributed by atoms with van der Waals surface area (Å²) in [6.07, 6.45) is 1.95. The highest BCUT2D eigenvalue weighted by Crippen LogP contribution is 2.28. The lowest BCUT2D eigenvalue weighted by Gasteiger charge is -2.18. The molecule has 1 aliphatic heterocycles. The molecule has 0 radical (unpaired) electrons. The van der Waals surface area contributed by atoms with E-state index in [0.717, 1.165) is 11.1 Å². The van der Waals surface area contributed by atoms with Gasteiger partial charge in [-0.05, 0) is 43.2 Å². The van der Waals surface area contributed by atoms with Crippen molar-refractivity contribution in [1.29, 1.82) is 0 Å². The summed E-state index contributed by atoms with van der Waals surface area (Å²) in [5, 5.41) is 0. The van der Waals surface area contributed by atoms with Crippen LogP contribution in [-0.2, 0) is 0 Å². The van der Waals surface area contributed by atoms with E-state index in [-0.39, 0.29) is 5.78 Å². The molecule has 0 fully saturated rings. The molecule has 100 valence electrons. The van der Waals surface area contributed by atoms with E-state index < -0.39 is 0 Å². The number of aryl methyl sites for hydroxylation is 2. The molecule has 2 aromatic rings. The summed E-state index contributed by atoms with van der Waals surface area (Å²) >= 11 is 0. The fraction of sp³-hybridized carbons (Fsp3) is 0.167. The summed E-state index contributed by atoms with van der Waals surface area (Å²) < 4.78 is 5.66. The Bertz CT molecular complexity index is 711. The summed E-state index contributed by atoms with van der Waals surface area (Å²) in [5.74, 6) is 0.739. The Hall–Kier alpha value is -2.35. The van der Waals surface area contributed by atoms with Crippen LogP contribution < -0.4 is 4.74 Å².